The molecule has 0 saturated heterocycles. The van der Waals surface area contributed by atoms with Gasteiger partial charge in [-0.2, -0.15) is 0 Å². The van der Waals surface area contributed by atoms with Gasteiger partial charge in [-0.05, 0) is 13.8 Å². The van der Waals surface area contributed by atoms with E-state index in [-0.39, 0.29) is 13.2 Å². The first-order valence-corrected chi connectivity index (χ1v) is 9.55. The van der Waals surface area contributed by atoms with Crippen molar-refractivity contribution >= 4 is 78.0 Å². The molecule has 0 aliphatic rings. The molecule has 0 atom stereocenters. The van der Waals surface area contributed by atoms with E-state index in [0.29, 0.717) is 19.8 Å². The predicted octanol–water partition coefficient (Wildman–Crippen LogP) is 5.78. The highest BCUT2D eigenvalue weighted by Gasteiger charge is 2.24. The van der Waals surface area contributed by atoms with Crippen LogP contribution in [0.2, 0.25) is 10.0 Å². The molecular formula is C16H12Cl2O4S2. The number of thiophene rings is 2. The molecular weight excluding hydrogens is 391 g/mol. The minimum atomic E-state index is -0.454. The first-order valence-electron chi connectivity index (χ1n) is 7.16. The van der Waals surface area contributed by atoms with Gasteiger partial charge < -0.3 is 9.47 Å². The quantitative estimate of drug-likeness (QED) is 0.519. The lowest BCUT2D eigenvalue weighted by molar-refractivity contribution is 0.0522. The minimum absolute atomic E-state index is 0.274. The largest absolute Gasteiger partial charge is 0.462 e. The number of hydrogen-bond acceptors (Lipinski definition) is 6. The summed E-state index contributed by atoms with van der Waals surface area (Å²) in [7, 11) is 0. The molecule has 0 unspecified atom stereocenters. The van der Waals surface area contributed by atoms with E-state index < -0.39 is 11.9 Å². The monoisotopic (exact) mass is 402 g/mol. The van der Waals surface area contributed by atoms with E-state index in [0.717, 1.165) is 20.2 Å². The van der Waals surface area contributed by atoms with Crippen LogP contribution in [0.1, 0.15) is 33.2 Å². The van der Waals surface area contributed by atoms with Gasteiger partial charge in [0, 0.05) is 10.8 Å². The summed E-state index contributed by atoms with van der Waals surface area (Å²) in [6.45, 7) is 4.03. The number of carbonyl (C=O) groups is 2. The molecule has 1 aromatic carbocycles. The first-order chi connectivity index (χ1) is 11.5. The molecule has 0 fully saturated rings. The summed E-state index contributed by atoms with van der Waals surface area (Å²) < 4.78 is 11.7. The third-order valence-electron chi connectivity index (χ3n) is 3.31. The van der Waals surface area contributed by atoms with Crippen LogP contribution in [0, 0.1) is 0 Å². The summed E-state index contributed by atoms with van der Waals surface area (Å²) in [4.78, 5) is 24.8. The molecule has 0 radical (unpaired) electrons. The maximum Gasteiger partial charge on any atom is 0.349 e. The minimum Gasteiger partial charge on any atom is -0.462 e. The van der Waals surface area contributed by atoms with Gasteiger partial charge in [0.05, 0.1) is 32.7 Å². The van der Waals surface area contributed by atoms with Crippen LogP contribution >= 0.6 is 45.9 Å². The van der Waals surface area contributed by atoms with Crippen molar-refractivity contribution in [3.05, 3.63) is 31.9 Å². The van der Waals surface area contributed by atoms with E-state index in [9.17, 15) is 9.59 Å². The number of benzene rings is 1. The number of carbonyl (C=O) groups excluding carboxylic acids is 2. The van der Waals surface area contributed by atoms with Crippen LogP contribution < -0.4 is 0 Å². The van der Waals surface area contributed by atoms with Gasteiger partial charge in [-0.3, -0.25) is 0 Å². The van der Waals surface area contributed by atoms with Crippen molar-refractivity contribution in [3.8, 4) is 0 Å². The zero-order chi connectivity index (χ0) is 17.4. The molecule has 2 heterocycles. The molecule has 0 saturated carbocycles. The highest BCUT2D eigenvalue weighted by atomic mass is 35.5. The summed E-state index contributed by atoms with van der Waals surface area (Å²) in [6.07, 6.45) is 0. The SMILES string of the molecule is CCOC(=O)c1sc2c(ccc3c(Cl)c(C(=O)OCC)sc32)c1Cl. The molecule has 24 heavy (non-hydrogen) atoms. The van der Waals surface area contributed by atoms with Gasteiger partial charge in [-0.15, -0.1) is 22.7 Å². The van der Waals surface area contributed by atoms with Crippen molar-refractivity contribution in [2.24, 2.45) is 0 Å². The summed E-state index contributed by atoms with van der Waals surface area (Å²) in [5, 5.41) is 2.20. The van der Waals surface area contributed by atoms with E-state index in [1.807, 2.05) is 0 Å². The van der Waals surface area contributed by atoms with Crippen molar-refractivity contribution < 1.29 is 19.1 Å². The summed E-state index contributed by atoms with van der Waals surface area (Å²) in [6, 6.07) is 3.60. The van der Waals surface area contributed by atoms with Crippen molar-refractivity contribution in [1.29, 1.82) is 0 Å². The predicted molar refractivity (Wildman–Crippen MR) is 99.1 cm³/mol. The second-order valence-corrected chi connectivity index (χ2v) is 7.55. The highest BCUT2D eigenvalue weighted by molar-refractivity contribution is 7.29. The van der Waals surface area contributed by atoms with E-state index in [1.54, 1.807) is 26.0 Å². The Balaban J connectivity index is 2.23. The fraction of sp³-hybridized carbons (Fsp3) is 0.250. The molecule has 4 nitrogen and oxygen atoms in total. The van der Waals surface area contributed by atoms with E-state index in [4.69, 9.17) is 32.7 Å². The molecule has 0 aliphatic heterocycles. The topological polar surface area (TPSA) is 52.6 Å². The standard InChI is InChI=1S/C16H12Cl2O4S2/c1-3-21-15(19)13-9(17)7-5-6-8-10(18)14(16(20)22-4-2)24-12(8)11(7)23-13/h5-6H,3-4H2,1-2H3. The average molecular weight is 403 g/mol. The Morgan fingerprint density at radius 3 is 1.58 bits per heavy atom. The van der Waals surface area contributed by atoms with Gasteiger partial charge in [-0.1, -0.05) is 35.3 Å². The van der Waals surface area contributed by atoms with Crippen molar-refractivity contribution in [1.82, 2.24) is 0 Å². The highest BCUT2D eigenvalue weighted by Crippen LogP contribution is 2.45. The number of esters is 2. The summed E-state index contributed by atoms with van der Waals surface area (Å²) in [5.41, 5.74) is 0. The molecule has 0 N–H and O–H groups in total. The van der Waals surface area contributed by atoms with Crippen LogP contribution in [0.15, 0.2) is 12.1 Å². The van der Waals surface area contributed by atoms with E-state index >= 15 is 0 Å². The second-order valence-electron chi connectivity index (χ2n) is 4.75. The Labute approximate surface area is 155 Å². The maximum atomic E-state index is 12.0. The van der Waals surface area contributed by atoms with Gasteiger partial charge in [0.15, 0.2) is 0 Å². The van der Waals surface area contributed by atoms with Crippen molar-refractivity contribution in [3.63, 3.8) is 0 Å². The number of halogens is 2. The van der Waals surface area contributed by atoms with Gasteiger partial charge in [0.25, 0.3) is 0 Å². The van der Waals surface area contributed by atoms with Crippen molar-refractivity contribution in [2.75, 3.05) is 13.2 Å². The summed E-state index contributed by atoms with van der Waals surface area (Å²) in [5.74, 6) is -0.907. The molecule has 0 aliphatic carbocycles. The fourth-order valence-corrected chi connectivity index (χ4v) is 5.43. The normalized spacial score (nSPS) is 11.2. The van der Waals surface area contributed by atoms with Gasteiger partial charge in [0.2, 0.25) is 0 Å². The molecule has 3 rings (SSSR count). The van der Waals surface area contributed by atoms with Gasteiger partial charge >= 0.3 is 11.9 Å². The van der Waals surface area contributed by atoms with E-state index in [2.05, 4.69) is 0 Å². The average Bonchev–Trinajstić information content (AvgIpc) is 3.06. The Kier molecular flexibility index (Phi) is 5.01. The lowest BCUT2D eigenvalue weighted by atomic mass is 10.2. The zero-order valence-electron chi connectivity index (χ0n) is 12.8. The van der Waals surface area contributed by atoms with Gasteiger partial charge in [-0.25, -0.2) is 9.59 Å². The van der Waals surface area contributed by atoms with E-state index in [1.165, 1.54) is 22.7 Å². The summed E-state index contributed by atoms with van der Waals surface area (Å²) >= 11 is 15.2. The number of ether oxygens (including phenoxy) is 2. The fourth-order valence-electron chi connectivity index (χ4n) is 2.31. The Hall–Kier alpha value is -1.34. The van der Waals surface area contributed by atoms with Crippen molar-refractivity contribution in [2.45, 2.75) is 13.8 Å². The van der Waals surface area contributed by atoms with Crippen LogP contribution in [0.25, 0.3) is 20.2 Å². The second kappa shape index (κ2) is 6.88. The maximum absolute atomic E-state index is 12.0. The van der Waals surface area contributed by atoms with Crippen LogP contribution in [0.5, 0.6) is 0 Å². The Morgan fingerprint density at radius 1 is 0.875 bits per heavy atom. The lowest BCUT2D eigenvalue weighted by Crippen LogP contribution is -2.02. The van der Waals surface area contributed by atoms with Crippen LogP contribution in [-0.4, -0.2) is 25.2 Å². The molecule has 126 valence electrons. The smallest absolute Gasteiger partial charge is 0.349 e. The lowest BCUT2D eigenvalue weighted by Gasteiger charge is -1.98. The zero-order valence-corrected chi connectivity index (χ0v) is 15.9. The molecule has 0 amide bonds. The third-order valence-corrected chi connectivity index (χ3v) is 6.86. The molecule has 3 aromatic rings. The van der Waals surface area contributed by atoms with Crippen LogP contribution in [0.3, 0.4) is 0 Å². The number of fused-ring (bicyclic) bond motifs is 3. The Bertz CT molecular complexity index is 881. The molecule has 0 bridgehead atoms. The molecule has 2 aromatic heterocycles. The van der Waals surface area contributed by atoms with Gasteiger partial charge in [0.1, 0.15) is 9.75 Å². The Morgan fingerprint density at radius 2 is 1.25 bits per heavy atom. The third kappa shape index (κ3) is 2.77. The van der Waals surface area contributed by atoms with Crippen LogP contribution in [-0.2, 0) is 9.47 Å². The number of hydrogen-bond donors (Lipinski definition) is 0. The first kappa shape index (κ1) is 17.5. The molecule has 0 spiro atoms. The number of rotatable bonds is 4. The molecule has 8 heteroatoms. The van der Waals surface area contributed by atoms with Crippen LogP contribution in [0.4, 0.5) is 0 Å².